The van der Waals surface area contributed by atoms with Gasteiger partial charge in [0.2, 0.25) is 5.91 Å². The number of fused-ring (bicyclic) bond motifs is 2. The molecule has 2 saturated heterocycles. The molecule has 3 rings (SSSR count). The maximum Gasteiger partial charge on any atom is 0.248 e. The van der Waals surface area contributed by atoms with Crippen LogP contribution >= 0.6 is 0 Å². The largest absolute Gasteiger partial charge is 0.367 e. The maximum absolute atomic E-state index is 11.1. The fourth-order valence-electron chi connectivity index (χ4n) is 3.05. The van der Waals surface area contributed by atoms with Gasteiger partial charge in [0.1, 0.15) is 5.82 Å². The molecule has 1 aromatic heterocycles. The highest BCUT2D eigenvalue weighted by atomic mass is 16.1. The number of nitrogens with two attached hydrogens (primary N) is 1. The lowest BCUT2D eigenvalue weighted by Crippen LogP contribution is -2.43. The molecule has 2 aliphatic rings. The highest BCUT2D eigenvalue weighted by Gasteiger charge is 2.33. The van der Waals surface area contributed by atoms with E-state index in [0.717, 1.165) is 18.7 Å². The normalized spacial score (nSPS) is 30.1. The van der Waals surface area contributed by atoms with E-state index in [1.807, 2.05) is 0 Å². The van der Waals surface area contributed by atoms with Crippen molar-refractivity contribution in [1.29, 1.82) is 0 Å². The van der Waals surface area contributed by atoms with Crippen LogP contribution < -0.4 is 16.4 Å². The van der Waals surface area contributed by atoms with Gasteiger partial charge in [0.15, 0.2) is 0 Å². The predicted molar refractivity (Wildman–Crippen MR) is 69.3 cm³/mol. The van der Waals surface area contributed by atoms with Crippen LogP contribution in [0.2, 0.25) is 0 Å². The van der Waals surface area contributed by atoms with E-state index in [-0.39, 0.29) is 0 Å². The molecule has 4 N–H and O–H groups in total. The van der Waals surface area contributed by atoms with Crippen LogP contribution in [0.25, 0.3) is 0 Å². The molecule has 5 heteroatoms. The van der Waals surface area contributed by atoms with Crippen LogP contribution in [0.5, 0.6) is 0 Å². The summed E-state index contributed by atoms with van der Waals surface area (Å²) < 4.78 is 0. The number of carbonyl (C=O) groups excluding carboxylic acids is 1. The van der Waals surface area contributed by atoms with Gasteiger partial charge in [-0.25, -0.2) is 4.98 Å². The first-order valence-electron chi connectivity index (χ1n) is 6.49. The molecule has 0 spiro atoms. The molecule has 2 fully saturated rings. The Bertz CT molecular complexity index is 450. The lowest BCUT2D eigenvalue weighted by atomic mass is 10.00. The van der Waals surface area contributed by atoms with Crippen molar-refractivity contribution < 1.29 is 4.79 Å². The first-order valence-corrected chi connectivity index (χ1v) is 6.49. The van der Waals surface area contributed by atoms with Gasteiger partial charge in [-0.3, -0.25) is 4.79 Å². The molecule has 2 bridgehead atoms. The van der Waals surface area contributed by atoms with Crippen molar-refractivity contribution in [3.05, 3.63) is 23.9 Å². The fourth-order valence-corrected chi connectivity index (χ4v) is 3.05. The van der Waals surface area contributed by atoms with Crippen LogP contribution in [-0.2, 0) is 0 Å². The quantitative estimate of drug-likeness (QED) is 0.739. The molecular weight excluding hydrogens is 228 g/mol. The van der Waals surface area contributed by atoms with Gasteiger partial charge in [0.05, 0.1) is 0 Å². The number of nitrogens with one attached hydrogen (secondary N) is 2. The van der Waals surface area contributed by atoms with Gasteiger partial charge in [-0.05, 0) is 37.8 Å². The summed E-state index contributed by atoms with van der Waals surface area (Å²) in [4.78, 5) is 15.4. The zero-order valence-electron chi connectivity index (χ0n) is 10.2. The summed E-state index contributed by atoms with van der Waals surface area (Å²) in [5.41, 5.74) is 5.77. The van der Waals surface area contributed by atoms with Gasteiger partial charge in [-0.1, -0.05) is 0 Å². The molecule has 0 saturated carbocycles. The molecule has 96 valence electrons. The van der Waals surface area contributed by atoms with E-state index in [1.165, 1.54) is 12.8 Å². The summed E-state index contributed by atoms with van der Waals surface area (Å²) in [6, 6.07) is 5.09. The molecule has 2 unspecified atom stereocenters. The summed E-state index contributed by atoms with van der Waals surface area (Å²) in [5, 5.41) is 7.02. The Morgan fingerprint density at radius 3 is 2.78 bits per heavy atom. The second-order valence-corrected chi connectivity index (χ2v) is 5.24. The van der Waals surface area contributed by atoms with Crippen LogP contribution in [-0.4, -0.2) is 29.0 Å². The molecule has 0 radical (unpaired) electrons. The van der Waals surface area contributed by atoms with Gasteiger partial charge in [-0.2, -0.15) is 0 Å². The Morgan fingerprint density at radius 2 is 2.11 bits per heavy atom. The van der Waals surface area contributed by atoms with E-state index in [2.05, 4.69) is 15.6 Å². The number of amides is 1. The second kappa shape index (κ2) is 4.57. The Labute approximate surface area is 106 Å². The number of aromatic nitrogens is 1. The van der Waals surface area contributed by atoms with Crippen molar-refractivity contribution in [2.45, 2.75) is 43.8 Å². The van der Waals surface area contributed by atoms with Crippen LogP contribution in [0, 0.1) is 0 Å². The predicted octanol–water partition coefficient (Wildman–Crippen LogP) is 0.875. The van der Waals surface area contributed by atoms with Gasteiger partial charge in [-0.15, -0.1) is 0 Å². The zero-order chi connectivity index (χ0) is 12.5. The topological polar surface area (TPSA) is 80.0 Å². The molecule has 2 aliphatic heterocycles. The first-order chi connectivity index (χ1) is 8.70. The van der Waals surface area contributed by atoms with E-state index in [0.29, 0.717) is 23.7 Å². The SMILES string of the molecule is NC(=O)c1ccnc(NC2CC3CCC(C2)N3)c1. The monoisotopic (exact) mass is 246 g/mol. The second-order valence-electron chi connectivity index (χ2n) is 5.24. The minimum atomic E-state index is -0.411. The highest BCUT2D eigenvalue weighted by Crippen LogP contribution is 2.28. The van der Waals surface area contributed by atoms with Gasteiger partial charge < -0.3 is 16.4 Å². The third-order valence-electron chi connectivity index (χ3n) is 3.87. The third-order valence-corrected chi connectivity index (χ3v) is 3.87. The van der Waals surface area contributed by atoms with Gasteiger partial charge in [0.25, 0.3) is 0 Å². The standard InChI is InChI=1S/C13H18N4O/c14-13(18)8-3-4-15-12(5-8)17-11-6-9-1-2-10(7-11)16-9/h3-5,9-11,16H,1-2,6-7H2,(H2,14,18)(H,15,17). The average molecular weight is 246 g/mol. The van der Waals surface area contributed by atoms with Crippen molar-refractivity contribution in [2.75, 3.05) is 5.32 Å². The third kappa shape index (κ3) is 2.31. The lowest BCUT2D eigenvalue weighted by Gasteiger charge is -2.30. The number of primary amides is 1. The summed E-state index contributed by atoms with van der Waals surface area (Å²) in [5.74, 6) is 0.337. The van der Waals surface area contributed by atoms with Crippen molar-refractivity contribution in [1.82, 2.24) is 10.3 Å². The molecule has 1 amide bonds. The van der Waals surface area contributed by atoms with Gasteiger partial charge in [0, 0.05) is 29.9 Å². The van der Waals surface area contributed by atoms with E-state index >= 15 is 0 Å². The molecule has 0 aliphatic carbocycles. The van der Waals surface area contributed by atoms with E-state index in [9.17, 15) is 4.79 Å². The number of hydrogen-bond acceptors (Lipinski definition) is 4. The number of hydrogen-bond donors (Lipinski definition) is 3. The highest BCUT2D eigenvalue weighted by molar-refractivity contribution is 5.93. The first kappa shape index (κ1) is 11.5. The lowest BCUT2D eigenvalue weighted by molar-refractivity contribution is 0.1000. The number of anilines is 1. The Morgan fingerprint density at radius 1 is 1.39 bits per heavy atom. The van der Waals surface area contributed by atoms with E-state index in [4.69, 9.17) is 5.73 Å². The van der Waals surface area contributed by atoms with Crippen LogP contribution in [0.3, 0.4) is 0 Å². The van der Waals surface area contributed by atoms with Crippen LogP contribution in [0.1, 0.15) is 36.0 Å². The minimum Gasteiger partial charge on any atom is -0.367 e. The van der Waals surface area contributed by atoms with Crippen molar-refractivity contribution >= 4 is 11.7 Å². The zero-order valence-corrected chi connectivity index (χ0v) is 10.2. The number of pyridine rings is 1. The summed E-state index contributed by atoms with van der Waals surface area (Å²) >= 11 is 0. The van der Waals surface area contributed by atoms with Crippen LogP contribution in [0.4, 0.5) is 5.82 Å². The molecule has 0 aromatic carbocycles. The van der Waals surface area contributed by atoms with E-state index < -0.39 is 5.91 Å². The molecular formula is C13H18N4O. The van der Waals surface area contributed by atoms with Crippen molar-refractivity contribution in [2.24, 2.45) is 5.73 Å². The summed E-state index contributed by atoms with van der Waals surface area (Å²) in [6.07, 6.45) is 6.42. The number of carbonyl (C=O) groups is 1. The summed E-state index contributed by atoms with van der Waals surface area (Å²) in [6.45, 7) is 0. The molecule has 3 heterocycles. The fraction of sp³-hybridized carbons (Fsp3) is 0.538. The Balaban J connectivity index is 1.69. The van der Waals surface area contributed by atoms with Crippen molar-refractivity contribution in [3.63, 3.8) is 0 Å². The molecule has 18 heavy (non-hydrogen) atoms. The van der Waals surface area contributed by atoms with E-state index in [1.54, 1.807) is 18.3 Å². The smallest absolute Gasteiger partial charge is 0.248 e. The number of nitrogens with zero attached hydrogens (tertiary/aromatic N) is 1. The summed E-state index contributed by atoms with van der Waals surface area (Å²) in [7, 11) is 0. The minimum absolute atomic E-state index is 0.411. The molecule has 2 atom stereocenters. The molecule has 1 aromatic rings. The van der Waals surface area contributed by atoms with Gasteiger partial charge >= 0.3 is 0 Å². The van der Waals surface area contributed by atoms with Crippen molar-refractivity contribution in [3.8, 4) is 0 Å². The van der Waals surface area contributed by atoms with Crippen LogP contribution in [0.15, 0.2) is 18.3 Å². The maximum atomic E-state index is 11.1. The number of piperidine rings is 1. The Hall–Kier alpha value is -1.62. The number of rotatable bonds is 3. The average Bonchev–Trinajstić information content (AvgIpc) is 2.69. The molecule has 5 nitrogen and oxygen atoms in total. The Kier molecular flexibility index (Phi) is 2.91.